The summed E-state index contributed by atoms with van der Waals surface area (Å²) in [5, 5.41) is 14.0. The van der Waals surface area contributed by atoms with Crippen LogP contribution in [-0.2, 0) is 14.4 Å². The number of benzene rings is 1. The molecule has 0 saturated heterocycles. The van der Waals surface area contributed by atoms with Crippen molar-refractivity contribution in [2.75, 3.05) is 11.9 Å². The number of carboxylic acid groups (broad SMARTS) is 1. The van der Waals surface area contributed by atoms with E-state index in [1.807, 2.05) is 6.07 Å². The Kier molecular flexibility index (Phi) is 4.34. The van der Waals surface area contributed by atoms with Crippen molar-refractivity contribution in [1.82, 2.24) is 5.32 Å². The zero-order valence-electron chi connectivity index (χ0n) is 10.8. The minimum atomic E-state index is -0.954. The molecule has 6 nitrogen and oxygen atoms in total. The van der Waals surface area contributed by atoms with Crippen LogP contribution >= 0.6 is 0 Å². The number of carbonyl (C=O) groups is 3. The second-order valence-electron chi connectivity index (χ2n) is 4.76. The predicted octanol–water partition coefficient (Wildman–Crippen LogP) is 0.852. The lowest BCUT2D eigenvalue weighted by atomic mass is 9.73. The molecular weight excluding hydrogens is 260 g/mol. The molecule has 0 spiro atoms. The molecule has 2 atom stereocenters. The maximum Gasteiger partial charge on any atom is 0.307 e. The van der Waals surface area contributed by atoms with Gasteiger partial charge in [-0.05, 0) is 25.0 Å². The molecule has 1 aromatic rings. The number of para-hydroxylation sites is 1. The van der Waals surface area contributed by atoms with Crippen molar-refractivity contribution in [1.29, 1.82) is 0 Å². The third-order valence-corrected chi connectivity index (χ3v) is 3.41. The number of amides is 2. The lowest BCUT2D eigenvalue weighted by Crippen LogP contribution is -2.45. The molecule has 2 amide bonds. The fourth-order valence-electron chi connectivity index (χ4n) is 2.13. The first-order valence-corrected chi connectivity index (χ1v) is 6.43. The number of aliphatic carboxylic acids is 1. The minimum absolute atomic E-state index is 0.156. The topological polar surface area (TPSA) is 95.5 Å². The molecule has 1 fully saturated rings. The Balaban J connectivity index is 1.76. The molecule has 0 aromatic heterocycles. The van der Waals surface area contributed by atoms with Gasteiger partial charge in [-0.3, -0.25) is 14.4 Å². The Morgan fingerprint density at radius 3 is 2.30 bits per heavy atom. The molecule has 0 heterocycles. The SMILES string of the molecule is O=C(CNC(=O)C1CCC1C(=O)O)Nc1ccccc1. The zero-order valence-corrected chi connectivity index (χ0v) is 10.8. The van der Waals surface area contributed by atoms with Crippen LogP contribution in [0.1, 0.15) is 12.8 Å². The number of rotatable bonds is 5. The third kappa shape index (κ3) is 3.34. The fourth-order valence-corrected chi connectivity index (χ4v) is 2.13. The van der Waals surface area contributed by atoms with Crippen molar-refractivity contribution in [2.45, 2.75) is 12.8 Å². The smallest absolute Gasteiger partial charge is 0.307 e. The Bertz CT molecular complexity index is 515. The van der Waals surface area contributed by atoms with Crippen molar-refractivity contribution < 1.29 is 19.5 Å². The highest BCUT2D eigenvalue weighted by Crippen LogP contribution is 2.34. The highest BCUT2D eigenvalue weighted by molar-refractivity contribution is 5.95. The summed E-state index contributed by atoms with van der Waals surface area (Å²) in [5.41, 5.74) is 0.652. The summed E-state index contributed by atoms with van der Waals surface area (Å²) in [6.45, 7) is -0.156. The summed E-state index contributed by atoms with van der Waals surface area (Å²) >= 11 is 0. The largest absolute Gasteiger partial charge is 0.481 e. The molecule has 0 radical (unpaired) electrons. The van der Waals surface area contributed by atoms with Gasteiger partial charge < -0.3 is 15.7 Å². The second-order valence-corrected chi connectivity index (χ2v) is 4.76. The van der Waals surface area contributed by atoms with E-state index in [-0.39, 0.29) is 18.4 Å². The molecule has 0 aliphatic heterocycles. The van der Waals surface area contributed by atoms with Gasteiger partial charge in [0.1, 0.15) is 0 Å². The summed E-state index contributed by atoms with van der Waals surface area (Å²) in [6, 6.07) is 8.90. The molecule has 0 bridgehead atoms. The summed E-state index contributed by atoms with van der Waals surface area (Å²) in [4.78, 5) is 34.2. The number of hydrogen-bond donors (Lipinski definition) is 3. The van der Waals surface area contributed by atoms with Gasteiger partial charge in [0, 0.05) is 5.69 Å². The highest BCUT2D eigenvalue weighted by Gasteiger charge is 2.41. The number of anilines is 1. The predicted molar refractivity (Wildman–Crippen MR) is 71.9 cm³/mol. The highest BCUT2D eigenvalue weighted by atomic mass is 16.4. The monoisotopic (exact) mass is 276 g/mol. The van der Waals surface area contributed by atoms with Gasteiger partial charge in [0.05, 0.1) is 18.4 Å². The Morgan fingerprint density at radius 2 is 1.75 bits per heavy atom. The summed E-state index contributed by atoms with van der Waals surface area (Å²) in [7, 11) is 0. The van der Waals surface area contributed by atoms with Crippen LogP contribution in [0.4, 0.5) is 5.69 Å². The van der Waals surface area contributed by atoms with E-state index >= 15 is 0 Å². The standard InChI is InChI=1S/C14H16N2O4/c17-12(16-9-4-2-1-3-5-9)8-15-13(18)10-6-7-11(10)14(19)20/h1-5,10-11H,6-8H2,(H,15,18)(H,16,17)(H,19,20). The van der Waals surface area contributed by atoms with E-state index in [2.05, 4.69) is 10.6 Å². The maximum absolute atomic E-state index is 11.7. The van der Waals surface area contributed by atoms with Crippen LogP contribution in [0.2, 0.25) is 0 Å². The summed E-state index contributed by atoms with van der Waals surface area (Å²) in [6.07, 6.45) is 1.08. The van der Waals surface area contributed by atoms with Crippen LogP contribution < -0.4 is 10.6 Å². The Hall–Kier alpha value is -2.37. The summed E-state index contributed by atoms with van der Waals surface area (Å²) in [5.74, 6) is -2.79. The maximum atomic E-state index is 11.7. The van der Waals surface area contributed by atoms with Crippen LogP contribution in [0.25, 0.3) is 0 Å². The van der Waals surface area contributed by atoms with Crippen LogP contribution in [0.15, 0.2) is 30.3 Å². The molecular formula is C14H16N2O4. The lowest BCUT2D eigenvalue weighted by Gasteiger charge is -2.31. The van der Waals surface area contributed by atoms with E-state index in [0.29, 0.717) is 18.5 Å². The molecule has 2 rings (SSSR count). The van der Waals surface area contributed by atoms with Crippen molar-refractivity contribution >= 4 is 23.5 Å². The van der Waals surface area contributed by atoms with Crippen LogP contribution in [0, 0.1) is 11.8 Å². The molecule has 3 N–H and O–H groups in total. The number of carboxylic acids is 1. The lowest BCUT2D eigenvalue weighted by molar-refractivity contribution is -0.152. The van der Waals surface area contributed by atoms with Gasteiger partial charge in [0.25, 0.3) is 0 Å². The van der Waals surface area contributed by atoms with Gasteiger partial charge in [0.2, 0.25) is 11.8 Å². The molecule has 1 aromatic carbocycles. The second kappa shape index (κ2) is 6.18. The summed E-state index contributed by atoms with van der Waals surface area (Å²) < 4.78 is 0. The van der Waals surface area contributed by atoms with Crippen LogP contribution in [0.3, 0.4) is 0 Å². The third-order valence-electron chi connectivity index (χ3n) is 3.41. The average molecular weight is 276 g/mol. The van der Waals surface area contributed by atoms with E-state index in [4.69, 9.17) is 5.11 Å². The van der Waals surface area contributed by atoms with E-state index in [9.17, 15) is 14.4 Å². The molecule has 1 aliphatic carbocycles. The fraction of sp³-hybridized carbons (Fsp3) is 0.357. The van der Waals surface area contributed by atoms with Crippen LogP contribution in [-0.4, -0.2) is 29.4 Å². The Morgan fingerprint density at radius 1 is 1.10 bits per heavy atom. The Labute approximate surface area is 116 Å². The van der Waals surface area contributed by atoms with E-state index < -0.39 is 17.8 Å². The normalized spacial score (nSPS) is 20.6. The molecule has 2 unspecified atom stereocenters. The van der Waals surface area contributed by atoms with Gasteiger partial charge in [0.15, 0.2) is 0 Å². The van der Waals surface area contributed by atoms with E-state index in [1.54, 1.807) is 24.3 Å². The van der Waals surface area contributed by atoms with Gasteiger partial charge in [-0.25, -0.2) is 0 Å². The average Bonchev–Trinajstić information content (AvgIpc) is 2.35. The van der Waals surface area contributed by atoms with Crippen molar-refractivity contribution in [2.24, 2.45) is 11.8 Å². The van der Waals surface area contributed by atoms with Crippen molar-refractivity contribution in [3.8, 4) is 0 Å². The van der Waals surface area contributed by atoms with Crippen molar-refractivity contribution in [3.63, 3.8) is 0 Å². The van der Waals surface area contributed by atoms with E-state index in [1.165, 1.54) is 0 Å². The molecule has 6 heteroatoms. The first-order chi connectivity index (χ1) is 9.58. The molecule has 20 heavy (non-hydrogen) atoms. The minimum Gasteiger partial charge on any atom is -0.481 e. The molecule has 1 saturated carbocycles. The first-order valence-electron chi connectivity index (χ1n) is 6.43. The zero-order chi connectivity index (χ0) is 14.5. The quantitative estimate of drug-likeness (QED) is 0.743. The van der Waals surface area contributed by atoms with Gasteiger partial charge in [-0.2, -0.15) is 0 Å². The van der Waals surface area contributed by atoms with E-state index in [0.717, 1.165) is 0 Å². The number of carbonyl (C=O) groups excluding carboxylic acids is 2. The van der Waals surface area contributed by atoms with Crippen LogP contribution in [0.5, 0.6) is 0 Å². The van der Waals surface area contributed by atoms with Gasteiger partial charge >= 0.3 is 5.97 Å². The number of nitrogens with one attached hydrogen (secondary N) is 2. The van der Waals surface area contributed by atoms with Gasteiger partial charge in [-0.1, -0.05) is 18.2 Å². The number of hydrogen-bond acceptors (Lipinski definition) is 3. The molecule has 1 aliphatic rings. The molecule has 106 valence electrons. The van der Waals surface area contributed by atoms with Crippen molar-refractivity contribution in [3.05, 3.63) is 30.3 Å². The first kappa shape index (κ1) is 14.0. The van der Waals surface area contributed by atoms with Gasteiger partial charge in [-0.15, -0.1) is 0 Å².